The molecular weight excluding hydrogens is 412 g/mol. The van der Waals surface area contributed by atoms with Crippen LogP contribution in [-0.4, -0.2) is 5.91 Å². The van der Waals surface area contributed by atoms with Crippen LogP contribution >= 0.6 is 15.9 Å². The largest absolute Gasteiger partial charge is 0.360 e. The number of rotatable bonds is 2. The monoisotopic (exact) mass is 428 g/mol. The molecule has 1 aliphatic heterocycles. The van der Waals surface area contributed by atoms with Gasteiger partial charge in [0.25, 0.3) is 5.91 Å². The lowest BCUT2D eigenvalue weighted by atomic mass is 10.0. The molecule has 1 N–H and O–H groups in total. The van der Waals surface area contributed by atoms with Crippen LogP contribution in [0.5, 0.6) is 0 Å². The van der Waals surface area contributed by atoms with Crippen molar-refractivity contribution in [1.29, 1.82) is 0 Å². The molecule has 1 atom stereocenters. The smallest absolute Gasteiger partial charge is 0.262 e. The van der Waals surface area contributed by atoms with Gasteiger partial charge in [-0.25, -0.2) is 0 Å². The van der Waals surface area contributed by atoms with Gasteiger partial charge in [-0.15, -0.1) is 0 Å². The number of nitrogens with one attached hydrogen (secondary N) is 1. The van der Waals surface area contributed by atoms with E-state index in [2.05, 4.69) is 39.4 Å². The second-order valence-electron chi connectivity index (χ2n) is 6.82. The molecule has 1 aliphatic rings. The molecule has 0 aliphatic carbocycles. The quantitative estimate of drug-likeness (QED) is 0.401. The minimum atomic E-state index is -0.290. The van der Waals surface area contributed by atoms with Gasteiger partial charge >= 0.3 is 0 Å². The van der Waals surface area contributed by atoms with E-state index in [1.54, 1.807) is 0 Å². The van der Waals surface area contributed by atoms with Crippen LogP contribution in [0.25, 0.3) is 10.8 Å². The molecule has 4 aromatic carbocycles. The predicted octanol–water partition coefficient (Wildman–Crippen LogP) is 6.37. The first kappa shape index (κ1) is 17.0. The molecule has 0 saturated carbocycles. The molecule has 0 fully saturated rings. The van der Waals surface area contributed by atoms with Gasteiger partial charge in [-0.05, 0) is 41.3 Å². The molecule has 136 valence electrons. The Morgan fingerprint density at radius 1 is 0.786 bits per heavy atom. The first-order chi connectivity index (χ1) is 13.7. The molecule has 4 aromatic rings. The number of amides is 1. The van der Waals surface area contributed by atoms with Crippen molar-refractivity contribution in [3.05, 3.63) is 107 Å². The fraction of sp³-hybridized carbons (Fsp3) is 0.0417. The zero-order valence-electron chi connectivity index (χ0n) is 15.0. The Hall–Kier alpha value is -3.11. The molecule has 5 rings (SSSR count). The summed E-state index contributed by atoms with van der Waals surface area (Å²) >= 11 is 3.50. The number of anilines is 2. The van der Waals surface area contributed by atoms with Crippen molar-refractivity contribution in [2.45, 2.75) is 6.17 Å². The third-order valence-corrected chi connectivity index (χ3v) is 5.67. The Morgan fingerprint density at radius 3 is 2.36 bits per heavy atom. The van der Waals surface area contributed by atoms with E-state index in [4.69, 9.17) is 0 Å². The average molecular weight is 429 g/mol. The van der Waals surface area contributed by atoms with Crippen molar-refractivity contribution in [2.24, 2.45) is 0 Å². The second-order valence-corrected chi connectivity index (χ2v) is 7.73. The summed E-state index contributed by atoms with van der Waals surface area (Å²) in [6, 6.07) is 30.0. The van der Waals surface area contributed by atoms with Crippen molar-refractivity contribution in [2.75, 3.05) is 10.2 Å². The van der Waals surface area contributed by atoms with Crippen LogP contribution in [0.1, 0.15) is 22.1 Å². The molecule has 1 unspecified atom stereocenters. The lowest BCUT2D eigenvalue weighted by Gasteiger charge is -2.38. The zero-order valence-corrected chi connectivity index (χ0v) is 16.6. The maximum atomic E-state index is 13.6. The normalized spacial score (nSPS) is 16.0. The summed E-state index contributed by atoms with van der Waals surface area (Å²) in [7, 11) is 0. The van der Waals surface area contributed by atoms with Crippen LogP contribution in [0.4, 0.5) is 11.4 Å². The van der Waals surface area contributed by atoms with Crippen LogP contribution < -0.4 is 10.2 Å². The number of halogens is 1. The molecule has 0 radical (unpaired) electrons. The Bertz CT molecular complexity index is 1180. The molecule has 3 nitrogen and oxygen atoms in total. The van der Waals surface area contributed by atoms with Crippen LogP contribution in [0.15, 0.2) is 95.5 Å². The molecule has 1 amide bonds. The van der Waals surface area contributed by atoms with Crippen molar-refractivity contribution in [1.82, 2.24) is 0 Å². The first-order valence-corrected chi connectivity index (χ1v) is 9.94. The summed E-state index contributed by atoms with van der Waals surface area (Å²) in [5, 5.41) is 5.74. The van der Waals surface area contributed by atoms with Gasteiger partial charge < -0.3 is 5.32 Å². The van der Waals surface area contributed by atoms with Gasteiger partial charge in [-0.1, -0.05) is 76.6 Å². The summed E-state index contributed by atoms with van der Waals surface area (Å²) in [6.45, 7) is 0. The van der Waals surface area contributed by atoms with Crippen LogP contribution in [0.2, 0.25) is 0 Å². The number of hydrogen-bond acceptors (Lipinski definition) is 2. The zero-order chi connectivity index (χ0) is 19.1. The third-order valence-electron chi connectivity index (χ3n) is 5.14. The number of benzene rings is 4. The summed E-state index contributed by atoms with van der Waals surface area (Å²) in [5.74, 6) is -0.00128. The topological polar surface area (TPSA) is 32.3 Å². The summed E-state index contributed by atoms with van der Waals surface area (Å²) in [5.41, 5.74) is 3.47. The van der Waals surface area contributed by atoms with Gasteiger partial charge in [0.05, 0.1) is 11.3 Å². The van der Waals surface area contributed by atoms with Gasteiger partial charge in [-0.3, -0.25) is 9.69 Å². The third kappa shape index (κ3) is 2.77. The van der Waals surface area contributed by atoms with Crippen molar-refractivity contribution < 1.29 is 4.79 Å². The molecule has 0 bridgehead atoms. The van der Waals surface area contributed by atoms with Crippen molar-refractivity contribution in [3.8, 4) is 0 Å². The molecule has 4 heteroatoms. The predicted molar refractivity (Wildman–Crippen MR) is 118 cm³/mol. The van der Waals surface area contributed by atoms with E-state index >= 15 is 0 Å². The van der Waals surface area contributed by atoms with Crippen LogP contribution in [0.3, 0.4) is 0 Å². The minimum absolute atomic E-state index is 0.00128. The standard InChI is InChI=1S/C24H17BrN2O/c25-18-14-12-17(13-15-18)23-26-21-10-4-3-9-20(21)24(28)27(23)22-11-5-7-16-6-1-2-8-19(16)22/h1-15,23,26H. The van der Waals surface area contributed by atoms with E-state index < -0.39 is 0 Å². The Balaban J connectivity index is 1.74. The highest BCUT2D eigenvalue weighted by molar-refractivity contribution is 9.10. The lowest BCUT2D eigenvalue weighted by Crippen LogP contribution is -2.43. The van der Waals surface area contributed by atoms with Crippen molar-refractivity contribution >= 4 is 44.0 Å². The summed E-state index contributed by atoms with van der Waals surface area (Å²) in [6.07, 6.45) is -0.290. The molecule has 0 spiro atoms. The highest BCUT2D eigenvalue weighted by Gasteiger charge is 2.34. The molecule has 28 heavy (non-hydrogen) atoms. The van der Waals surface area contributed by atoms with E-state index in [0.717, 1.165) is 32.2 Å². The molecule has 1 heterocycles. The molecule has 0 saturated heterocycles. The molecular formula is C24H17BrN2O. The second kappa shape index (κ2) is 6.80. The van der Waals surface area contributed by atoms with Gasteiger partial charge in [0.15, 0.2) is 0 Å². The maximum Gasteiger partial charge on any atom is 0.262 e. The molecule has 0 aromatic heterocycles. The highest BCUT2D eigenvalue weighted by Crippen LogP contribution is 2.39. The van der Waals surface area contributed by atoms with E-state index in [-0.39, 0.29) is 12.1 Å². The van der Waals surface area contributed by atoms with Crippen LogP contribution in [-0.2, 0) is 0 Å². The maximum absolute atomic E-state index is 13.6. The van der Waals surface area contributed by atoms with E-state index in [9.17, 15) is 4.79 Å². The SMILES string of the molecule is O=C1c2ccccc2NC(c2ccc(Br)cc2)N1c1cccc2ccccc12. The van der Waals surface area contributed by atoms with Gasteiger partial charge in [0, 0.05) is 15.5 Å². The van der Waals surface area contributed by atoms with Gasteiger partial charge in [-0.2, -0.15) is 0 Å². The number of para-hydroxylation sites is 1. The van der Waals surface area contributed by atoms with E-state index in [1.165, 1.54) is 0 Å². The number of carbonyl (C=O) groups excluding carboxylic acids is 1. The van der Waals surface area contributed by atoms with E-state index in [0.29, 0.717) is 5.56 Å². The Kier molecular flexibility index (Phi) is 4.14. The first-order valence-electron chi connectivity index (χ1n) is 9.15. The Labute approximate surface area is 171 Å². The average Bonchev–Trinajstić information content (AvgIpc) is 2.74. The number of hydrogen-bond donors (Lipinski definition) is 1. The Morgan fingerprint density at radius 2 is 1.50 bits per heavy atom. The highest BCUT2D eigenvalue weighted by atomic mass is 79.9. The van der Waals surface area contributed by atoms with Gasteiger partial charge in [0.2, 0.25) is 0 Å². The number of nitrogens with zero attached hydrogens (tertiary/aromatic N) is 1. The number of fused-ring (bicyclic) bond motifs is 2. The summed E-state index contributed by atoms with van der Waals surface area (Å²) in [4.78, 5) is 15.5. The fourth-order valence-corrected chi connectivity index (χ4v) is 4.06. The minimum Gasteiger partial charge on any atom is -0.360 e. The van der Waals surface area contributed by atoms with Gasteiger partial charge in [0.1, 0.15) is 6.17 Å². The van der Waals surface area contributed by atoms with Crippen molar-refractivity contribution in [3.63, 3.8) is 0 Å². The van der Waals surface area contributed by atoms with Crippen LogP contribution in [0, 0.1) is 0 Å². The fourth-order valence-electron chi connectivity index (χ4n) is 3.80. The number of carbonyl (C=O) groups is 1. The van der Waals surface area contributed by atoms with E-state index in [1.807, 2.05) is 77.7 Å². The summed E-state index contributed by atoms with van der Waals surface area (Å²) < 4.78 is 1.01. The lowest BCUT2D eigenvalue weighted by molar-refractivity contribution is 0.0975.